The highest BCUT2D eigenvalue weighted by Gasteiger charge is 2.17. The van der Waals surface area contributed by atoms with Crippen molar-refractivity contribution < 1.29 is 9.15 Å². The first-order valence-electron chi connectivity index (χ1n) is 9.46. The van der Waals surface area contributed by atoms with Gasteiger partial charge in [-0.25, -0.2) is 0 Å². The number of guanidine groups is 1. The summed E-state index contributed by atoms with van der Waals surface area (Å²) in [5, 5.41) is 3.38. The Morgan fingerprint density at radius 2 is 1.89 bits per heavy atom. The summed E-state index contributed by atoms with van der Waals surface area (Å²) in [4.78, 5) is 9.10. The van der Waals surface area contributed by atoms with Crippen LogP contribution in [0.15, 0.2) is 52.1 Å². The molecule has 1 unspecified atom stereocenters. The summed E-state index contributed by atoms with van der Waals surface area (Å²) in [5.74, 6) is 2.70. The van der Waals surface area contributed by atoms with Gasteiger partial charge in [-0.2, -0.15) is 0 Å². The zero-order valence-corrected chi connectivity index (χ0v) is 17.1. The van der Waals surface area contributed by atoms with Crippen molar-refractivity contribution in [1.82, 2.24) is 15.1 Å². The van der Waals surface area contributed by atoms with Gasteiger partial charge < -0.3 is 19.4 Å². The molecule has 1 N–H and O–H groups in total. The Bertz CT molecular complexity index is 681. The molecule has 0 aliphatic heterocycles. The molecule has 27 heavy (non-hydrogen) atoms. The lowest BCUT2D eigenvalue weighted by Crippen LogP contribution is -2.39. The van der Waals surface area contributed by atoms with Gasteiger partial charge in [-0.15, -0.1) is 0 Å². The van der Waals surface area contributed by atoms with Crippen LogP contribution >= 0.6 is 0 Å². The van der Waals surface area contributed by atoms with Crippen LogP contribution in [0.25, 0.3) is 0 Å². The number of hydrogen-bond donors (Lipinski definition) is 1. The number of ether oxygens (including phenoxy) is 1. The normalized spacial score (nSPS) is 12.9. The lowest BCUT2D eigenvalue weighted by molar-refractivity contribution is 0.264. The van der Waals surface area contributed by atoms with Crippen LogP contribution in [0.3, 0.4) is 0 Å². The molecule has 6 heteroatoms. The summed E-state index contributed by atoms with van der Waals surface area (Å²) in [6.45, 7) is 6.96. The molecular weight excluding hydrogens is 340 g/mol. The predicted molar refractivity (Wildman–Crippen MR) is 110 cm³/mol. The maximum atomic E-state index is 5.58. The molecule has 2 rings (SSSR count). The number of nitrogens with one attached hydrogen (secondary N) is 1. The topological polar surface area (TPSA) is 53.2 Å². The van der Waals surface area contributed by atoms with Crippen molar-refractivity contribution in [2.75, 3.05) is 40.8 Å². The molecule has 0 saturated heterocycles. The van der Waals surface area contributed by atoms with Gasteiger partial charge in [0, 0.05) is 20.1 Å². The Balaban J connectivity index is 2.06. The van der Waals surface area contributed by atoms with Gasteiger partial charge in [0.15, 0.2) is 5.96 Å². The van der Waals surface area contributed by atoms with Gasteiger partial charge >= 0.3 is 0 Å². The minimum Gasteiger partial charge on any atom is -0.494 e. The van der Waals surface area contributed by atoms with E-state index in [2.05, 4.69) is 41.2 Å². The number of aliphatic imine (C=N–C) groups is 1. The molecule has 0 fully saturated rings. The van der Waals surface area contributed by atoms with Crippen molar-refractivity contribution in [2.24, 2.45) is 4.99 Å². The first kappa shape index (κ1) is 20.8. The molecule has 1 atom stereocenters. The largest absolute Gasteiger partial charge is 0.494 e. The summed E-state index contributed by atoms with van der Waals surface area (Å²) in [6, 6.07) is 12.2. The molecule has 6 nitrogen and oxygen atoms in total. The van der Waals surface area contributed by atoms with Crippen LogP contribution in [0, 0.1) is 0 Å². The van der Waals surface area contributed by atoms with E-state index < -0.39 is 0 Å². The number of benzene rings is 1. The van der Waals surface area contributed by atoms with Crippen LogP contribution in [-0.4, -0.2) is 56.6 Å². The summed E-state index contributed by atoms with van der Waals surface area (Å²) < 4.78 is 11.1. The molecule has 0 amide bonds. The highest BCUT2D eigenvalue weighted by Crippen LogP contribution is 2.19. The molecule has 148 valence electrons. The van der Waals surface area contributed by atoms with Gasteiger partial charge in [0.1, 0.15) is 11.5 Å². The van der Waals surface area contributed by atoms with Crippen LogP contribution in [0.5, 0.6) is 5.75 Å². The van der Waals surface area contributed by atoms with E-state index in [1.54, 1.807) is 6.26 Å². The summed E-state index contributed by atoms with van der Waals surface area (Å²) >= 11 is 0. The summed E-state index contributed by atoms with van der Waals surface area (Å²) in [5.41, 5.74) is 1.21. The van der Waals surface area contributed by atoms with Crippen LogP contribution in [0.2, 0.25) is 0 Å². The first-order valence-corrected chi connectivity index (χ1v) is 9.46. The smallest absolute Gasteiger partial charge is 0.194 e. The van der Waals surface area contributed by atoms with Gasteiger partial charge in [0.05, 0.1) is 25.5 Å². The first-order chi connectivity index (χ1) is 13.0. The lowest BCUT2D eigenvalue weighted by Gasteiger charge is -2.25. The van der Waals surface area contributed by atoms with Gasteiger partial charge in [-0.3, -0.25) is 9.89 Å². The Morgan fingerprint density at radius 1 is 1.15 bits per heavy atom. The Morgan fingerprint density at radius 3 is 2.44 bits per heavy atom. The van der Waals surface area contributed by atoms with Crippen molar-refractivity contribution in [3.8, 4) is 5.75 Å². The molecule has 2 aromatic rings. The van der Waals surface area contributed by atoms with Crippen molar-refractivity contribution in [2.45, 2.75) is 26.4 Å². The number of likely N-dealkylation sites (N-methyl/N-ethyl adjacent to an activating group) is 1. The van der Waals surface area contributed by atoms with E-state index in [9.17, 15) is 0 Å². The van der Waals surface area contributed by atoms with Crippen LogP contribution < -0.4 is 10.1 Å². The van der Waals surface area contributed by atoms with E-state index in [0.717, 1.165) is 30.6 Å². The second kappa shape index (κ2) is 10.6. The Labute approximate surface area is 162 Å². The molecular formula is C21H32N4O2. The Hall–Kier alpha value is -2.47. The monoisotopic (exact) mass is 372 g/mol. The van der Waals surface area contributed by atoms with Crippen molar-refractivity contribution in [3.63, 3.8) is 0 Å². The van der Waals surface area contributed by atoms with E-state index in [0.29, 0.717) is 13.2 Å². The van der Waals surface area contributed by atoms with Crippen LogP contribution in [0.4, 0.5) is 0 Å². The zero-order valence-electron chi connectivity index (χ0n) is 17.1. The zero-order chi connectivity index (χ0) is 19.6. The number of rotatable bonds is 9. The molecule has 0 radical (unpaired) electrons. The fourth-order valence-electron chi connectivity index (χ4n) is 2.84. The number of furan rings is 1. The quantitative estimate of drug-likeness (QED) is 0.540. The van der Waals surface area contributed by atoms with Gasteiger partial charge in [0.2, 0.25) is 0 Å². The summed E-state index contributed by atoms with van der Waals surface area (Å²) in [7, 11) is 6.13. The molecule has 0 saturated carbocycles. The van der Waals surface area contributed by atoms with Gasteiger partial charge in [0.25, 0.3) is 0 Å². The van der Waals surface area contributed by atoms with E-state index in [1.165, 1.54) is 5.56 Å². The fraction of sp³-hybridized carbons (Fsp3) is 0.476. The lowest BCUT2D eigenvalue weighted by atomic mass is 10.2. The Kier molecular flexibility index (Phi) is 8.20. The SMILES string of the molecule is CCNC(=NCC(c1ccco1)N(C)C)N(C)Cc1ccc(OCC)cc1. The average molecular weight is 373 g/mol. The second-order valence-corrected chi connectivity index (χ2v) is 6.62. The summed E-state index contributed by atoms with van der Waals surface area (Å²) in [6.07, 6.45) is 1.71. The average Bonchev–Trinajstić information content (AvgIpc) is 3.17. The fourth-order valence-corrected chi connectivity index (χ4v) is 2.84. The number of hydrogen-bond acceptors (Lipinski definition) is 4. The van der Waals surface area contributed by atoms with E-state index in [-0.39, 0.29) is 6.04 Å². The molecule has 1 aromatic heterocycles. The van der Waals surface area contributed by atoms with Crippen molar-refractivity contribution >= 4 is 5.96 Å². The highest BCUT2D eigenvalue weighted by molar-refractivity contribution is 5.79. The third-order valence-electron chi connectivity index (χ3n) is 4.26. The molecule has 1 aromatic carbocycles. The predicted octanol–water partition coefficient (Wildman–Crippen LogP) is 3.38. The second-order valence-electron chi connectivity index (χ2n) is 6.62. The third kappa shape index (κ3) is 6.32. The molecule has 0 aliphatic rings. The van der Waals surface area contributed by atoms with Crippen LogP contribution in [-0.2, 0) is 6.54 Å². The van der Waals surface area contributed by atoms with E-state index in [1.807, 2.05) is 45.3 Å². The molecule has 1 heterocycles. The standard InChI is InChI=1S/C21H32N4O2/c1-6-22-21(23-15-19(24(3)4)20-9-8-14-27-20)25(5)16-17-10-12-18(13-11-17)26-7-2/h8-14,19H,6-7,15-16H2,1-5H3,(H,22,23). The van der Waals surface area contributed by atoms with Gasteiger partial charge in [-0.1, -0.05) is 12.1 Å². The number of nitrogens with zero attached hydrogens (tertiary/aromatic N) is 3. The minimum absolute atomic E-state index is 0.104. The molecule has 0 aliphatic carbocycles. The van der Waals surface area contributed by atoms with Gasteiger partial charge in [-0.05, 0) is 57.8 Å². The highest BCUT2D eigenvalue weighted by atomic mass is 16.5. The maximum Gasteiger partial charge on any atom is 0.194 e. The van der Waals surface area contributed by atoms with Crippen molar-refractivity contribution in [1.29, 1.82) is 0 Å². The maximum absolute atomic E-state index is 5.58. The molecule has 0 spiro atoms. The molecule has 0 bridgehead atoms. The van der Waals surface area contributed by atoms with Crippen molar-refractivity contribution in [3.05, 3.63) is 54.0 Å². The van der Waals surface area contributed by atoms with E-state index in [4.69, 9.17) is 14.1 Å². The third-order valence-corrected chi connectivity index (χ3v) is 4.26. The van der Waals surface area contributed by atoms with Crippen LogP contribution in [0.1, 0.15) is 31.2 Å². The van der Waals surface area contributed by atoms with E-state index >= 15 is 0 Å². The minimum atomic E-state index is 0.104.